The lowest BCUT2D eigenvalue weighted by atomic mass is 9.94. The molecule has 1 aromatic carbocycles. The molecule has 0 radical (unpaired) electrons. The molecular formula is C14H22Cl2N2O2S. The molecule has 4 nitrogen and oxygen atoms in total. The summed E-state index contributed by atoms with van der Waals surface area (Å²) in [5.41, 5.74) is 0.705. The molecule has 120 valence electrons. The lowest BCUT2D eigenvalue weighted by Crippen LogP contribution is -2.44. The minimum absolute atomic E-state index is 0. The molecule has 1 aliphatic rings. The van der Waals surface area contributed by atoms with Gasteiger partial charge in [0, 0.05) is 11.1 Å². The van der Waals surface area contributed by atoms with E-state index in [9.17, 15) is 8.42 Å². The first-order chi connectivity index (χ1) is 9.40. The van der Waals surface area contributed by atoms with Gasteiger partial charge < -0.3 is 5.32 Å². The minimum atomic E-state index is -3.52. The van der Waals surface area contributed by atoms with Crippen molar-refractivity contribution in [2.45, 2.75) is 37.6 Å². The number of hydrogen-bond acceptors (Lipinski definition) is 3. The maximum Gasteiger partial charge on any atom is 0.241 e. The van der Waals surface area contributed by atoms with Crippen LogP contribution in [0.1, 0.15) is 25.3 Å². The lowest BCUT2D eigenvalue weighted by molar-refractivity contribution is 0.320. The summed E-state index contributed by atoms with van der Waals surface area (Å²) in [5, 5.41) is 3.74. The molecule has 2 atom stereocenters. The Morgan fingerprint density at radius 1 is 1.43 bits per heavy atom. The van der Waals surface area contributed by atoms with Crippen molar-refractivity contribution in [1.82, 2.24) is 10.0 Å². The van der Waals surface area contributed by atoms with E-state index in [0.29, 0.717) is 16.5 Å². The van der Waals surface area contributed by atoms with Gasteiger partial charge in [0.15, 0.2) is 0 Å². The summed E-state index contributed by atoms with van der Waals surface area (Å²) in [4.78, 5) is 0.264. The second-order valence-electron chi connectivity index (χ2n) is 5.43. The second-order valence-corrected chi connectivity index (χ2v) is 7.55. The zero-order chi connectivity index (χ0) is 14.8. The fourth-order valence-corrected chi connectivity index (χ4v) is 4.39. The van der Waals surface area contributed by atoms with Crippen molar-refractivity contribution in [3.8, 4) is 0 Å². The number of aryl methyl sites for hydroxylation is 1. The zero-order valence-corrected chi connectivity index (χ0v) is 14.6. The van der Waals surface area contributed by atoms with Crippen LogP contribution >= 0.6 is 24.0 Å². The average molecular weight is 353 g/mol. The first-order valence-electron chi connectivity index (χ1n) is 6.89. The number of piperidine rings is 1. The molecule has 21 heavy (non-hydrogen) atoms. The Bertz CT molecular complexity index is 572. The van der Waals surface area contributed by atoms with Crippen LogP contribution in [0.2, 0.25) is 5.02 Å². The molecule has 0 aliphatic carbocycles. The fourth-order valence-electron chi connectivity index (χ4n) is 2.57. The third-order valence-corrected chi connectivity index (χ3v) is 5.76. The Morgan fingerprint density at radius 3 is 2.76 bits per heavy atom. The SMILES string of the molecule is Cc1ccc(Cl)cc1S(=O)(=O)NC(C)C1CCCNC1.Cl. The van der Waals surface area contributed by atoms with Crippen LogP contribution < -0.4 is 10.0 Å². The molecule has 1 fully saturated rings. The van der Waals surface area contributed by atoms with Crippen LogP contribution in [0.4, 0.5) is 0 Å². The second kappa shape index (κ2) is 7.79. The van der Waals surface area contributed by atoms with Gasteiger partial charge in [-0.05, 0) is 63.4 Å². The summed E-state index contributed by atoms with van der Waals surface area (Å²) in [6, 6.07) is 4.84. The summed E-state index contributed by atoms with van der Waals surface area (Å²) >= 11 is 5.91. The van der Waals surface area contributed by atoms with E-state index in [4.69, 9.17) is 11.6 Å². The molecular weight excluding hydrogens is 331 g/mol. The minimum Gasteiger partial charge on any atom is -0.316 e. The Hall–Kier alpha value is -0.330. The van der Waals surface area contributed by atoms with Gasteiger partial charge >= 0.3 is 0 Å². The van der Waals surface area contributed by atoms with Crippen LogP contribution in [0.3, 0.4) is 0 Å². The summed E-state index contributed by atoms with van der Waals surface area (Å²) in [6.07, 6.45) is 2.14. The van der Waals surface area contributed by atoms with Gasteiger partial charge in [-0.25, -0.2) is 13.1 Å². The highest BCUT2D eigenvalue weighted by molar-refractivity contribution is 7.89. The van der Waals surface area contributed by atoms with Crippen molar-refractivity contribution >= 4 is 34.0 Å². The van der Waals surface area contributed by atoms with Crippen LogP contribution in [0.5, 0.6) is 0 Å². The van der Waals surface area contributed by atoms with Crippen LogP contribution in [0.15, 0.2) is 23.1 Å². The van der Waals surface area contributed by atoms with E-state index in [-0.39, 0.29) is 23.3 Å². The number of halogens is 2. The number of rotatable bonds is 4. The van der Waals surface area contributed by atoms with E-state index in [2.05, 4.69) is 10.0 Å². The van der Waals surface area contributed by atoms with Crippen LogP contribution in [0.25, 0.3) is 0 Å². The summed E-state index contributed by atoms with van der Waals surface area (Å²) in [6.45, 7) is 5.58. The van der Waals surface area contributed by atoms with Gasteiger partial charge in [-0.3, -0.25) is 0 Å². The van der Waals surface area contributed by atoms with Gasteiger partial charge in [0.2, 0.25) is 10.0 Å². The number of sulfonamides is 1. The Kier molecular flexibility index (Phi) is 6.94. The van der Waals surface area contributed by atoms with E-state index >= 15 is 0 Å². The first-order valence-corrected chi connectivity index (χ1v) is 8.75. The highest BCUT2D eigenvalue weighted by Gasteiger charge is 2.26. The van der Waals surface area contributed by atoms with E-state index in [1.54, 1.807) is 19.1 Å². The lowest BCUT2D eigenvalue weighted by Gasteiger charge is -2.28. The molecule has 1 aromatic rings. The van der Waals surface area contributed by atoms with E-state index in [0.717, 1.165) is 25.9 Å². The third kappa shape index (κ3) is 4.83. The van der Waals surface area contributed by atoms with Gasteiger partial charge in [-0.2, -0.15) is 0 Å². The molecule has 7 heteroatoms. The molecule has 2 N–H and O–H groups in total. The molecule has 0 aromatic heterocycles. The van der Waals surface area contributed by atoms with Crippen molar-refractivity contribution < 1.29 is 8.42 Å². The highest BCUT2D eigenvalue weighted by Crippen LogP contribution is 2.22. The van der Waals surface area contributed by atoms with Crippen LogP contribution in [-0.4, -0.2) is 27.5 Å². The zero-order valence-electron chi connectivity index (χ0n) is 12.2. The van der Waals surface area contributed by atoms with Crippen LogP contribution in [0, 0.1) is 12.8 Å². The Morgan fingerprint density at radius 2 is 2.14 bits per heavy atom. The smallest absolute Gasteiger partial charge is 0.241 e. The molecule has 2 rings (SSSR count). The molecule has 0 bridgehead atoms. The molecule has 2 unspecified atom stereocenters. The normalized spacial score (nSPS) is 20.6. The first kappa shape index (κ1) is 18.7. The van der Waals surface area contributed by atoms with E-state index in [1.165, 1.54) is 6.07 Å². The number of nitrogens with one attached hydrogen (secondary N) is 2. The van der Waals surface area contributed by atoms with Crippen LogP contribution in [-0.2, 0) is 10.0 Å². The number of benzene rings is 1. The van der Waals surface area contributed by atoms with Gasteiger partial charge in [0.05, 0.1) is 4.90 Å². The maximum atomic E-state index is 12.5. The molecule has 0 spiro atoms. The molecule has 0 saturated carbocycles. The molecule has 0 amide bonds. The number of hydrogen-bond donors (Lipinski definition) is 2. The fraction of sp³-hybridized carbons (Fsp3) is 0.571. The van der Waals surface area contributed by atoms with Crippen molar-refractivity contribution in [1.29, 1.82) is 0 Å². The molecule has 1 aliphatic heterocycles. The van der Waals surface area contributed by atoms with Gasteiger partial charge in [-0.15, -0.1) is 12.4 Å². The topological polar surface area (TPSA) is 58.2 Å². The van der Waals surface area contributed by atoms with Gasteiger partial charge in [-0.1, -0.05) is 17.7 Å². The summed E-state index contributed by atoms with van der Waals surface area (Å²) in [5.74, 6) is 0.331. The predicted octanol–water partition coefficient (Wildman–Crippen LogP) is 2.74. The third-order valence-electron chi connectivity index (χ3n) is 3.82. The maximum absolute atomic E-state index is 12.5. The quantitative estimate of drug-likeness (QED) is 0.875. The summed E-state index contributed by atoms with van der Waals surface area (Å²) < 4.78 is 27.7. The highest BCUT2D eigenvalue weighted by atomic mass is 35.5. The summed E-state index contributed by atoms with van der Waals surface area (Å²) in [7, 11) is -3.52. The van der Waals surface area contributed by atoms with Crippen molar-refractivity contribution in [3.63, 3.8) is 0 Å². The predicted molar refractivity (Wildman–Crippen MR) is 88.8 cm³/mol. The molecule has 1 saturated heterocycles. The largest absolute Gasteiger partial charge is 0.316 e. The molecule has 1 heterocycles. The monoisotopic (exact) mass is 352 g/mol. The Balaban J connectivity index is 0.00000220. The van der Waals surface area contributed by atoms with Crippen molar-refractivity contribution in [3.05, 3.63) is 28.8 Å². The van der Waals surface area contributed by atoms with E-state index < -0.39 is 10.0 Å². The van der Waals surface area contributed by atoms with Crippen molar-refractivity contribution in [2.24, 2.45) is 5.92 Å². The van der Waals surface area contributed by atoms with E-state index in [1.807, 2.05) is 6.92 Å². The van der Waals surface area contributed by atoms with Crippen molar-refractivity contribution in [2.75, 3.05) is 13.1 Å². The Labute approximate surface area is 138 Å². The average Bonchev–Trinajstić information content (AvgIpc) is 2.42. The standard InChI is InChI=1S/C14H21ClN2O2S.ClH/c1-10-5-6-13(15)8-14(10)20(18,19)17-11(2)12-4-3-7-16-9-12;/h5-6,8,11-12,16-17H,3-4,7,9H2,1-2H3;1H. The van der Waals surface area contributed by atoms with Gasteiger partial charge in [0.25, 0.3) is 0 Å². The van der Waals surface area contributed by atoms with Gasteiger partial charge in [0.1, 0.15) is 0 Å².